The summed E-state index contributed by atoms with van der Waals surface area (Å²) in [6.07, 6.45) is 1.71. The van der Waals surface area contributed by atoms with Crippen LogP contribution in [0, 0.1) is 0 Å². The summed E-state index contributed by atoms with van der Waals surface area (Å²) in [5.74, 6) is 0.180. The van der Waals surface area contributed by atoms with Crippen LogP contribution in [0.4, 0.5) is 11.4 Å². The standard InChI is InChI=1S/C20H26N2O4S/c1-5-14-9-8-10-15(6-2)20(14)22-27(24,25)16-11-12-18(26-4)17(13-16)21-19(23)7-3/h8-13,22H,5-7H2,1-4H3,(H,21,23). The van der Waals surface area contributed by atoms with Gasteiger partial charge in [0.15, 0.2) is 0 Å². The van der Waals surface area contributed by atoms with Gasteiger partial charge >= 0.3 is 0 Å². The first-order chi connectivity index (χ1) is 12.9. The minimum atomic E-state index is -3.83. The largest absolute Gasteiger partial charge is 0.495 e. The zero-order chi connectivity index (χ0) is 20.0. The Morgan fingerprint density at radius 1 is 1.04 bits per heavy atom. The molecule has 1 amide bonds. The number of hydrogen-bond acceptors (Lipinski definition) is 4. The van der Waals surface area contributed by atoms with Crippen LogP contribution < -0.4 is 14.8 Å². The van der Waals surface area contributed by atoms with E-state index in [4.69, 9.17) is 4.74 Å². The maximum absolute atomic E-state index is 13.0. The lowest BCUT2D eigenvalue weighted by Gasteiger charge is -2.17. The van der Waals surface area contributed by atoms with Crippen LogP contribution in [0.1, 0.15) is 38.3 Å². The van der Waals surface area contributed by atoms with Crippen molar-refractivity contribution in [3.8, 4) is 5.75 Å². The van der Waals surface area contributed by atoms with Gasteiger partial charge in [0.1, 0.15) is 5.75 Å². The SMILES string of the molecule is CCC(=O)Nc1cc(S(=O)(=O)Nc2c(CC)cccc2CC)ccc1OC. The van der Waals surface area contributed by atoms with Crippen molar-refractivity contribution in [2.75, 3.05) is 17.1 Å². The molecule has 0 bridgehead atoms. The highest BCUT2D eigenvalue weighted by atomic mass is 32.2. The summed E-state index contributed by atoms with van der Waals surface area (Å²) in [5.41, 5.74) is 2.82. The van der Waals surface area contributed by atoms with Crippen LogP contribution in [-0.4, -0.2) is 21.4 Å². The van der Waals surface area contributed by atoms with Gasteiger partial charge in [-0.25, -0.2) is 8.42 Å². The molecule has 0 heterocycles. The third kappa shape index (κ3) is 4.80. The number of rotatable bonds is 8. The van der Waals surface area contributed by atoms with Crippen molar-refractivity contribution >= 4 is 27.3 Å². The summed E-state index contributed by atoms with van der Waals surface area (Å²) < 4.78 is 33.9. The summed E-state index contributed by atoms with van der Waals surface area (Å²) in [6, 6.07) is 10.2. The molecule has 2 aromatic rings. The molecule has 2 rings (SSSR count). The van der Waals surface area contributed by atoms with Crippen molar-refractivity contribution in [2.24, 2.45) is 0 Å². The average Bonchev–Trinajstić information content (AvgIpc) is 2.67. The molecule has 0 unspecified atom stereocenters. The number of ether oxygens (including phenoxy) is 1. The number of nitrogens with one attached hydrogen (secondary N) is 2. The van der Waals surface area contributed by atoms with E-state index in [1.807, 2.05) is 32.0 Å². The number of para-hydroxylation sites is 1. The van der Waals surface area contributed by atoms with Crippen LogP contribution in [0.5, 0.6) is 5.75 Å². The first-order valence-corrected chi connectivity index (χ1v) is 10.5. The lowest BCUT2D eigenvalue weighted by molar-refractivity contribution is -0.115. The fourth-order valence-electron chi connectivity index (χ4n) is 2.76. The van der Waals surface area contributed by atoms with Crippen molar-refractivity contribution in [3.63, 3.8) is 0 Å². The van der Waals surface area contributed by atoms with Crippen LogP contribution in [0.25, 0.3) is 0 Å². The lowest BCUT2D eigenvalue weighted by atomic mass is 10.0. The normalized spacial score (nSPS) is 11.1. The Morgan fingerprint density at radius 3 is 2.19 bits per heavy atom. The summed E-state index contributed by atoms with van der Waals surface area (Å²) in [6.45, 7) is 5.69. The van der Waals surface area contributed by atoms with Crippen molar-refractivity contribution < 1.29 is 17.9 Å². The van der Waals surface area contributed by atoms with Crippen molar-refractivity contribution in [1.82, 2.24) is 0 Å². The van der Waals surface area contributed by atoms with E-state index in [9.17, 15) is 13.2 Å². The molecule has 27 heavy (non-hydrogen) atoms. The monoisotopic (exact) mass is 390 g/mol. The first kappa shape index (κ1) is 20.8. The predicted molar refractivity (Wildman–Crippen MR) is 108 cm³/mol. The number of carbonyl (C=O) groups excluding carboxylic acids is 1. The Labute approximate surface area is 161 Å². The van der Waals surface area contributed by atoms with Gasteiger partial charge in [-0.05, 0) is 42.2 Å². The molecule has 0 radical (unpaired) electrons. The van der Waals surface area contributed by atoms with Gasteiger partial charge in [0.2, 0.25) is 5.91 Å². The zero-order valence-corrected chi connectivity index (χ0v) is 16.9. The van der Waals surface area contributed by atoms with Crippen LogP contribution in [0.2, 0.25) is 0 Å². The Bertz CT molecular complexity index is 901. The second kappa shape index (κ2) is 8.90. The molecule has 2 aromatic carbocycles. The van der Waals surface area contributed by atoms with Gasteiger partial charge in [0.25, 0.3) is 10.0 Å². The van der Waals surface area contributed by atoms with E-state index in [-0.39, 0.29) is 17.2 Å². The Morgan fingerprint density at radius 2 is 1.67 bits per heavy atom. The first-order valence-electron chi connectivity index (χ1n) is 8.97. The molecule has 0 aliphatic heterocycles. The van der Waals surface area contributed by atoms with Gasteiger partial charge in [0, 0.05) is 6.42 Å². The molecule has 0 spiro atoms. The molecule has 0 aliphatic rings. The number of benzene rings is 2. The number of carbonyl (C=O) groups is 1. The Kier molecular flexibility index (Phi) is 6.85. The number of anilines is 2. The number of methoxy groups -OCH3 is 1. The third-order valence-corrected chi connectivity index (χ3v) is 5.66. The molecular weight excluding hydrogens is 364 g/mol. The fraction of sp³-hybridized carbons (Fsp3) is 0.350. The zero-order valence-electron chi connectivity index (χ0n) is 16.1. The average molecular weight is 391 g/mol. The third-order valence-electron chi connectivity index (χ3n) is 4.31. The molecule has 0 aromatic heterocycles. The van der Waals surface area contributed by atoms with Crippen molar-refractivity contribution in [2.45, 2.75) is 44.9 Å². The van der Waals surface area contributed by atoms with E-state index in [0.717, 1.165) is 11.1 Å². The van der Waals surface area contributed by atoms with Crippen LogP contribution in [0.3, 0.4) is 0 Å². The number of amides is 1. The molecule has 0 aliphatic carbocycles. The Hall–Kier alpha value is -2.54. The molecular formula is C20H26N2O4S. The fourth-order valence-corrected chi connectivity index (χ4v) is 3.93. The van der Waals surface area contributed by atoms with E-state index in [1.165, 1.54) is 25.3 Å². The quantitative estimate of drug-likeness (QED) is 0.714. The van der Waals surface area contributed by atoms with Gasteiger partial charge in [-0.1, -0.05) is 39.0 Å². The highest BCUT2D eigenvalue weighted by molar-refractivity contribution is 7.92. The number of sulfonamides is 1. The van der Waals surface area contributed by atoms with Crippen molar-refractivity contribution in [1.29, 1.82) is 0 Å². The molecule has 146 valence electrons. The maximum Gasteiger partial charge on any atom is 0.261 e. The van der Waals surface area contributed by atoms with E-state index >= 15 is 0 Å². The molecule has 6 nitrogen and oxygen atoms in total. The maximum atomic E-state index is 13.0. The second-order valence-electron chi connectivity index (χ2n) is 6.03. The molecule has 0 saturated heterocycles. The smallest absolute Gasteiger partial charge is 0.261 e. The van der Waals surface area contributed by atoms with Gasteiger partial charge in [-0.15, -0.1) is 0 Å². The predicted octanol–water partition coefficient (Wildman–Crippen LogP) is 3.97. The van der Waals surface area contributed by atoms with Gasteiger partial charge in [-0.3, -0.25) is 9.52 Å². The van der Waals surface area contributed by atoms with Crippen LogP contribution in [-0.2, 0) is 27.7 Å². The minimum absolute atomic E-state index is 0.0580. The minimum Gasteiger partial charge on any atom is -0.495 e. The molecule has 0 fully saturated rings. The summed E-state index contributed by atoms with van der Waals surface area (Å²) in [4.78, 5) is 11.8. The highest BCUT2D eigenvalue weighted by Crippen LogP contribution is 2.30. The molecule has 0 atom stereocenters. The van der Waals surface area contributed by atoms with E-state index in [2.05, 4.69) is 10.0 Å². The number of hydrogen-bond donors (Lipinski definition) is 2. The van der Waals surface area contributed by atoms with Crippen LogP contribution in [0.15, 0.2) is 41.3 Å². The van der Waals surface area contributed by atoms with E-state index in [0.29, 0.717) is 30.0 Å². The van der Waals surface area contributed by atoms with E-state index < -0.39 is 10.0 Å². The van der Waals surface area contributed by atoms with E-state index in [1.54, 1.807) is 6.92 Å². The van der Waals surface area contributed by atoms with Gasteiger partial charge < -0.3 is 10.1 Å². The summed E-state index contributed by atoms with van der Waals surface area (Å²) in [7, 11) is -2.36. The van der Waals surface area contributed by atoms with Crippen LogP contribution >= 0.6 is 0 Å². The highest BCUT2D eigenvalue weighted by Gasteiger charge is 2.20. The van der Waals surface area contributed by atoms with Gasteiger partial charge in [-0.2, -0.15) is 0 Å². The Balaban J connectivity index is 2.46. The number of aryl methyl sites for hydroxylation is 2. The van der Waals surface area contributed by atoms with Gasteiger partial charge in [0.05, 0.1) is 23.4 Å². The van der Waals surface area contributed by atoms with Crippen molar-refractivity contribution in [3.05, 3.63) is 47.5 Å². The molecule has 7 heteroatoms. The second-order valence-corrected chi connectivity index (χ2v) is 7.71. The molecule has 0 saturated carbocycles. The molecule has 2 N–H and O–H groups in total. The summed E-state index contributed by atoms with van der Waals surface area (Å²) >= 11 is 0. The lowest BCUT2D eigenvalue weighted by Crippen LogP contribution is -2.17. The topological polar surface area (TPSA) is 84.5 Å². The summed E-state index contributed by atoms with van der Waals surface area (Å²) in [5, 5.41) is 2.68.